The molecule has 0 aliphatic carbocycles. The molecule has 1 aromatic heterocycles. The molecule has 8 aromatic carbocycles. The van der Waals surface area contributed by atoms with Gasteiger partial charge in [0.1, 0.15) is 11.4 Å². The van der Waals surface area contributed by atoms with Gasteiger partial charge in [-0.3, -0.25) is 10.6 Å². The number of nitrogens with one attached hydrogen (secondary N) is 2. The van der Waals surface area contributed by atoms with Gasteiger partial charge in [0.05, 0.1) is 10.8 Å². The summed E-state index contributed by atoms with van der Waals surface area (Å²) < 4.78 is 11.1. The standard InChI is InChI=1S/C87H95N3O4/c1-80(2,3)60-26-38-66(39-27-60)86(67-40-28-61(29-41-67)81(4,5)6,68-42-30-62(31-43-68)82(7,8)9)72-50-54-76(55-51-72)89-78(91)93-58-20-24-74-22-19-23-75(88-74)25-21-59-94-79(92)90-77-56-52-73(53-57-77)87(69-44-32-63(33-45-69)83(10,11)12,70-46-34-64(35-47-70)84(13,14)15)71-48-36-65(37-49-71)85(16,17)18/h19,22-23,26-57H,58-59H2,1-18H3,(H,89,91)(H,90,92). The molecular weight excluding hydrogens is 1150 g/mol. The molecule has 7 nitrogen and oxygen atoms in total. The highest BCUT2D eigenvalue weighted by atomic mass is 16.6. The van der Waals surface area contributed by atoms with Crippen molar-refractivity contribution in [3.8, 4) is 23.7 Å². The number of ether oxygens (including phenoxy) is 2. The van der Waals surface area contributed by atoms with E-state index in [2.05, 4.69) is 334 Å². The van der Waals surface area contributed by atoms with Gasteiger partial charge in [-0.2, -0.15) is 0 Å². The minimum atomic E-state index is -0.701. The van der Waals surface area contributed by atoms with Crippen molar-refractivity contribution in [2.75, 3.05) is 23.8 Å². The summed E-state index contributed by atoms with van der Waals surface area (Å²) in [4.78, 5) is 31.1. The van der Waals surface area contributed by atoms with Gasteiger partial charge in [-0.05, 0) is 159 Å². The van der Waals surface area contributed by atoms with Crippen LogP contribution < -0.4 is 10.6 Å². The van der Waals surface area contributed by atoms with E-state index in [9.17, 15) is 9.59 Å². The summed E-state index contributed by atoms with van der Waals surface area (Å²) in [5.41, 5.74) is 17.0. The van der Waals surface area contributed by atoms with Crippen molar-refractivity contribution in [2.24, 2.45) is 0 Å². The van der Waals surface area contributed by atoms with Crippen molar-refractivity contribution in [1.29, 1.82) is 0 Å². The third-order valence-electron chi connectivity index (χ3n) is 18.0. The lowest BCUT2D eigenvalue weighted by molar-refractivity contribution is 0.175. The van der Waals surface area contributed by atoms with E-state index in [1.807, 2.05) is 24.3 Å². The normalized spacial score (nSPS) is 12.4. The second kappa shape index (κ2) is 27.3. The molecule has 1 heterocycles. The van der Waals surface area contributed by atoms with Crippen molar-refractivity contribution >= 4 is 23.6 Å². The number of amides is 2. The van der Waals surface area contributed by atoms with Crippen molar-refractivity contribution in [1.82, 2.24) is 4.98 Å². The summed E-state index contributed by atoms with van der Waals surface area (Å²) in [5.74, 6) is 11.8. The Morgan fingerprint density at radius 1 is 0.287 bits per heavy atom. The predicted octanol–water partition coefficient (Wildman–Crippen LogP) is 20.8. The minimum Gasteiger partial charge on any atom is -0.436 e. The Labute approximate surface area is 561 Å². The zero-order chi connectivity index (χ0) is 68.1. The summed E-state index contributed by atoms with van der Waals surface area (Å²) in [6.07, 6.45) is -1.27. The summed E-state index contributed by atoms with van der Waals surface area (Å²) in [6, 6.07) is 75.8. The lowest BCUT2D eigenvalue weighted by atomic mass is 9.64. The number of hydrogen-bond acceptors (Lipinski definition) is 5. The van der Waals surface area contributed by atoms with Gasteiger partial charge in [0.2, 0.25) is 0 Å². The number of pyridine rings is 1. The molecule has 0 aliphatic rings. The number of nitrogens with zero attached hydrogens (tertiary/aromatic N) is 1. The van der Waals surface area contributed by atoms with Crippen LogP contribution in [0.4, 0.5) is 21.0 Å². The fourth-order valence-corrected chi connectivity index (χ4v) is 12.3. The lowest BCUT2D eigenvalue weighted by Gasteiger charge is -2.38. The quantitative estimate of drug-likeness (QED) is 0.0940. The number of anilines is 2. The number of hydrogen-bond donors (Lipinski definition) is 2. The lowest BCUT2D eigenvalue weighted by Crippen LogP contribution is -2.31. The van der Waals surface area contributed by atoms with Gasteiger partial charge in [-0.1, -0.05) is 312 Å². The number of benzene rings is 8. The summed E-state index contributed by atoms with van der Waals surface area (Å²) in [7, 11) is 0. The molecule has 9 aromatic rings. The Morgan fingerprint density at radius 3 is 0.660 bits per heavy atom. The zero-order valence-electron chi connectivity index (χ0n) is 58.7. The average Bonchev–Trinajstić information content (AvgIpc) is 0.736. The van der Waals surface area contributed by atoms with E-state index in [0.717, 1.165) is 44.5 Å². The summed E-state index contributed by atoms with van der Waals surface area (Å²) in [5, 5.41) is 5.81. The van der Waals surface area contributed by atoms with Crippen molar-refractivity contribution < 1.29 is 19.1 Å². The molecule has 0 bridgehead atoms. The van der Waals surface area contributed by atoms with E-state index >= 15 is 0 Å². The molecule has 0 fully saturated rings. The third-order valence-corrected chi connectivity index (χ3v) is 18.0. The molecule has 0 saturated carbocycles. The highest BCUT2D eigenvalue weighted by Crippen LogP contribution is 2.49. The third kappa shape index (κ3) is 15.8. The van der Waals surface area contributed by atoms with Crippen LogP contribution in [0.3, 0.4) is 0 Å². The second-order valence-electron chi connectivity index (χ2n) is 31.0. The van der Waals surface area contributed by atoms with Crippen LogP contribution in [0.1, 0.15) is 214 Å². The van der Waals surface area contributed by atoms with Gasteiger partial charge >= 0.3 is 12.2 Å². The molecule has 94 heavy (non-hydrogen) atoms. The number of carbonyl (C=O) groups is 2. The molecule has 0 radical (unpaired) electrons. The fourth-order valence-electron chi connectivity index (χ4n) is 12.3. The van der Waals surface area contributed by atoms with Gasteiger partial charge in [0.15, 0.2) is 13.2 Å². The molecule has 482 valence electrons. The van der Waals surface area contributed by atoms with Crippen LogP contribution in [0, 0.1) is 23.7 Å². The van der Waals surface area contributed by atoms with Crippen molar-refractivity contribution in [2.45, 2.75) is 168 Å². The van der Waals surface area contributed by atoms with E-state index in [4.69, 9.17) is 9.47 Å². The first-order valence-corrected chi connectivity index (χ1v) is 32.9. The largest absolute Gasteiger partial charge is 0.436 e. The SMILES string of the molecule is CC(C)(C)c1ccc(C(c2ccc(NC(=O)OCC#Cc3cccc(C#CCOC(=O)Nc4ccc(C(c5ccc(C(C)(C)C)cc5)(c5ccc(C(C)(C)C)cc5)c5ccc(C(C)(C)C)cc5)cc4)n3)cc2)(c2ccc(C(C)(C)C)cc2)c2ccc(C(C)(C)C)cc2)cc1. The predicted molar refractivity (Wildman–Crippen MR) is 390 cm³/mol. The molecule has 2 amide bonds. The van der Waals surface area contributed by atoms with E-state index < -0.39 is 23.0 Å². The Morgan fingerprint density at radius 2 is 0.468 bits per heavy atom. The molecule has 7 heteroatoms. The molecule has 9 rings (SSSR count). The topological polar surface area (TPSA) is 89.5 Å². The molecule has 0 atom stereocenters. The van der Waals surface area contributed by atoms with Crippen LogP contribution in [-0.4, -0.2) is 30.4 Å². The summed E-state index contributed by atoms with van der Waals surface area (Å²) >= 11 is 0. The van der Waals surface area contributed by atoms with Crippen LogP contribution in [0.5, 0.6) is 0 Å². The van der Waals surface area contributed by atoms with E-state index in [1.54, 1.807) is 18.2 Å². The Hall–Kier alpha value is -9.43. The molecular formula is C87H95N3O4. The van der Waals surface area contributed by atoms with Gasteiger partial charge < -0.3 is 9.47 Å². The smallest absolute Gasteiger partial charge is 0.412 e. The van der Waals surface area contributed by atoms with Gasteiger partial charge in [0.25, 0.3) is 0 Å². The van der Waals surface area contributed by atoms with Gasteiger partial charge in [0, 0.05) is 11.4 Å². The van der Waals surface area contributed by atoms with E-state index in [0.29, 0.717) is 22.8 Å². The molecule has 2 N–H and O–H groups in total. The Kier molecular flexibility index (Phi) is 20.0. The monoisotopic (exact) mass is 1250 g/mol. The van der Waals surface area contributed by atoms with Gasteiger partial charge in [-0.25, -0.2) is 14.6 Å². The fraction of sp³-hybridized carbons (Fsp3) is 0.322. The van der Waals surface area contributed by atoms with E-state index in [1.165, 1.54) is 33.4 Å². The van der Waals surface area contributed by atoms with Crippen LogP contribution in [0.15, 0.2) is 212 Å². The maximum Gasteiger partial charge on any atom is 0.412 e. The van der Waals surface area contributed by atoms with Crippen LogP contribution in [0.25, 0.3) is 0 Å². The first-order valence-electron chi connectivity index (χ1n) is 32.9. The molecule has 0 aliphatic heterocycles. The maximum absolute atomic E-state index is 13.3. The van der Waals surface area contributed by atoms with Crippen LogP contribution in [0.2, 0.25) is 0 Å². The van der Waals surface area contributed by atoms with Crippen molar-refractivity contribution in [3.63, 3.8) is 0 Å². The highest BCUT2D eigenvalue weighted by molar-refractivity contribution is 5.85. The van der Waals surface area contributed by atoms with Crippen LogP contribution >= 0.6 is 0 Å². The molecule has 0 spiro atoms. The number of rotatable bonds is 12. The van der Waals surface area contributed by atoms with Crippen LogP contribution in [-0.2, 0) is 52.8 Å². The van der Waals surface area contributed by atoms with Gasteiger partial charge in [-0.15, -0.1) is 0 Å². The second-order valence-corrected chi connectivity index (χ2v) is 31.0. The Bertz CT molecular complexity index is 3660. The molecule has 0 unspecified atom stereocenters. The maximum atomic E-state index is 13.3. The molecule has 0 saturated heterocycles. The first-order chi connectivity index (χ1) is 44.2. The van der Waals surface area contributed by atoms with Crippen molar-refractivity contribution in [3.05, 3.63) is 302 Å². The minimum absolute atomic E-state index is 0.0193. The first kappa shape index (κ1) is 68.9. The summed E-state index contributed by atoms with van der Waals surface area (Å²) in [6.45, 7) is 40.0. The zero-order valence-corrected chi connectivity index (χ0v) is 58.7. The highest BCUT2D eigenvalue weighted by Gasteiger charge is 2.41. The average molecular weight is 1250 g/mol. The number of aromatic nitrogens is 1. The van der Waals surface area contributed by atoms with E-state index in [-0.39, 0.29) is 45.7 Å². The Balaban J connectivity index is 0.864. The number of carbonyl (C=O) groups excluding carboxylic acids is 2.